The minimum Gasteiger partial charge on any atom is -0.376 e. The molecule has 5 nitrogen and oxygen atoms in total. The molecule has 2 N–H and O–H groups in total. The first-order valence-electron chi connectivity index (χ1n) is 7.18. The van der Waals surface area contributed by atoms with E-state index in [-0.39, 0.29) is 0 Å². The lowest BCUT2D eigenvalue weighted by Gasteiger charge is -2.14. The Morgan fingerprint density at radius 2 is 2.30 bits per heavy atom. The standard InChI is InChI=1S/C14H24N4OS/c1-10-11(2)20-13(18-10)6-7-16-14(15-3)17-9-12-5-4-8-19-12/h12H,4-9H2,1-3H3,(H2,15,16,17). The number of hydrogen-bond acceptors (Lipinski definition) is 4. The Morgan fingerprint density at radius 1 is 1.45 bits per heavy atom. The molecule has 20 heavy (non-hydrogen) atoms. The SMILES string of the molecule is CN=C(NCCc1nc(C)c(C)s1)NCC1CCCO1. The van der Waals surface area contributed by atoms with Gasteiger partial charge in [-0.05, 0) is 26.7 Å². The van der Waals surface area contributed by atoms with Crippen molar-refractivity contribution in [3.05, 3.63) is 15.6 Å². The van der Waals surface area contributed by atoms with Crippen LogP contribution >= 0.6 is 11.3 Å². The number of nitrogens with one attached hydrogen (secondary N) is 2. The maximum atomic E-state index is 5.58. The first kappa shape index (κ1) is 15.3. The Bertz CT molecular complexity index is 433. The number of nitrogens with zero attached hydrogens (tertiary/aromatic N) is 2. The molecule has 1 aromatic heterocycles. The quantitative estimate of drug-likeness (QED) is 0.641. The van der Waals surface area contributed by atoms with Gasteiger partial charge in [0, 0.05) is 38.0 Å². The number of hydrogen-bond donors (Lipinski definition) is 2. The highest BCUT2D eigenvalue weighted by atomic mass is 32.1. The van der Waals surface area contributed by atoms with Crippen LogP contribution in [0.1, 0.15) is 28.4 Å². The zero-order chi connectivity index (χ0) is 14.4. The summed E-state index contributed by atoms with van der Waals surface area (Å²) in [6, 6.07) is 0. The van der Waals surface area contributed by atoms with Crippen LogP contribution in [0.3, 0.4) is 0 Å². The molecule has 1 atom stereocenters. The second-order valence-corrected chi connectivity index (χ2v) is 6.30. The molecule has 112 valence electrons. The third kappa shape index (κ3) is 4.45. The summed E-state index contributed by atoms with van der Waals surface area (Å²) in [5.41, 5.74) is 1.14. The smallest absolute Gasteiger partial charge is 0.191 e. The Kier molecular flexibility index (Phi) is 5.79. The Balaban J connectivity index is 1.68. The van der Waals surface area contributed by atoms with Crippen LogP contribution in [0.5, 0.6) is 0 Å². The molecule has 1 unspecified atom stereocenters. The van der Waals surface area contributed by atoms with Gasteiger partial charge in [0.25, 0.3) is 0 Å². The molecule has 0 aromatic carbocycles. The van der Waals surface area contributed by atoms with Crippen molar-refractivity contribution in [2.75, 3.05) is 26.7 Å². The summed E-state index contributed by atoms with van der Waals surface area (Å²) in [6.45, 7) is 6.74. The van der Waals surface area contributed by atoms with E-state index in [1.54, 1.807) is 18.4 Å². The van der Waals surface area contributed by atoms with Crippen LogP contribution < -0.4 is 10.6 Å². The molecule has 0 radical (unpaired) electrons. The molecule has 1 fully saturated rings. The largest absolute Gasteiger partial charge is 0.376 e. The molecule has 0 amide bonds. The van der Waals surface area contributed by atoms with Crippen LogP contribution in [-0.2, 0) is 11.2 Å². The normalized spacial score (nSPS) is 19.4. The van der Waals surface area contributed by atoms with E-state index in [4.69, 9.17) is 4.74 Å². The van der Waals surface area contributed by atoms with Crippen molar-refractivity contribution in [3.63, 3.8) is 0 Å². The predicted molar refractivity (Wildman–Crippen MR) is 83.6 cm³/mol. The van der Waals surface area contributed by atoms with Gasteiger partial charge >= 0.3 is 0 Å². The molecule has 0 aliphatic carbocycles. The molecule has 0 bridgehead atoms. The van der Waals surface area contributed by atoms with E-state index in [1.165, 1.54) is 16.3 Å². The molecule has 1 aromatic rings. The van der Waals surface area contributed by atoms with E-state index in [1.807, 2.05) is 0 Å². The van der Waals surface area contributed by atoms with Gasteiger partial charge in [-0.1, -0.05) is 0 Å². The van der Waals surface area contributed by atoms with Gasteiger partial charge in [-0.15, -0.1) is 11.3 Å². The summed E-state index contributed by atoms with van der Waals surface area (Å²) < 4.78 is 5.58. The second kappa shape index (κ2) is 7.59. The fourth-order valence-electron chi connectivity index (χ4n) is 2.17. The average molecular weight is 296 g/mol. The molecule has 1 saturated heterocycles. The number of thiazole rings is 1. The highest BCUT2D eigenvalue weighted by Crippen LogP contribution is 2.16. The third-order valence-electron chi connectivity index (χ3n) is 3.45. The number of ether oxygens (including phenoxy) is 1. The molecule has 1 aliphatic heterocycles. The summed E-state index contributed by atoms with van der Waals surface area (Å²) in [5, 5.41) is 7.81. The summed E-state index contributed by atoms with van der Waals surface area (Å²) in [6.07, 6.45) is 3.57. The Labute approximate surface area is 124 Å². The molecular weight excluding hydrogens is 272 g/mol. The minimum absolute atomic E-state index is 0.331. The van der Waals surface area contributed by atoms with Crippen molar-refractivity contribution in [3.8, 4) is 0 Å². The van der Waals surface area contributed by atoms with Gasteiger partial charge in [0.05, 0.1) is 16.8 Å². The maximum Gasteiger partial charge on any atom is 0.191 e. The highest BCUT2D eigenvalue weighted by Gasteiger charge is 2.15. The summed E-state index contributed by atoms with van der Waals surface area (Å²) >= 11 is 1.78. The molecule has 2 heterocycles. The van der Waals surface area contributed by atoms with E-state index in [9.17, 15) is 0 Å². The van der Waals surface area contributed by atoms with Crippen molar-refractivity contribution >= 4 is 17.3 Å². The lowest BCUT2D eigenvalue weighted by molar-refractivity contribution is 0.114. The molecule has 1 aliphatic rings. The number of aliphatic imine (C=N–C) groups is 1. The van der Waals surface area contributed by atoms with Crippen molar-refractivity contribution < 1.29 is 4.74 Å². The zero-order valence-electron chi connectivity index (χ0n) is 12.5. The van der Waals surface area contributed by atoms with Gasteiger partial charge in [-0.2, -0.15) is 0 Å². The third-order valence-corrected chi connectivity index (χ3v) is 4.58. The van der Waals surface area contributed by atoms with Gasteiger partial charge in [-0.25, -0.2) is 4.98 Å². The van der Waals surface area contributed by atoms with Crippen LogP contribution in [0.2, 0.25) is 0 Å². The number of rotatable bonds is 5. The van der Waals surface area contributed by atoms with Crippen molar-refractivity contribution in [1.29, 1.82) is 0 Å². The van der Waals surface area contributed by atoms with Gasteiger partial charge < -0.3 is 15.4 Å². The van der Waals surface area contributed by atoms with Gasteiger partial charge in [0.1, 0.15) is 0 Å². The molecule has 2 rings (SSSR count). The van der Waals surface area contributed by atoms with Crippen molar-refractivity contribution in [1.82, 2.24) is 15.6 Å². The van der Waals surface area contributed by atoms with Gasteiger partial charge in [-0.3, -0.25) is 4.99 Å². The van der Waals surface area contributed by atoms with E-state index in [0.717, 1.165) is 44.2 Å². The number of guanidine groups is 1. The van der Waals surface area contributed by atoms with Crippen LogP contribution in [0.15, 0.2) is 4.99 Å². The monoisotopic (exact) mass is 296 g/mol. The van der Waals surface area contributed by atoms with Crippen LogP contribution in [-0.4, -0.2) is 43.8 Å². The minimum atomic E-state index is 0.331. The Hall–Kier alpha value is -1.14. The summed E-state index contributed by atoms with van der Waals surface area (Å²) in [5.74, 6) is 0.838. The van der Waals surface area contributed by atoms with E-state index < -0.39 is 0 Å². The van der Waals surface area contributed by atoms with Crippen LogP contribution in [0.4, 0.5) is 0 Å². The second-order valence-electron chi connectivity index (χ2n) is 5.01. The van der Waals surface area contributed by atoms with Crippen LogP contribution in [0, 0.1) is 13.8 Å². The number of aryl methyl sites for hydroxylation is 2. The Morgan fingerprint density at radius 3 is 2.90 bits per heavy atom. The van der Waals surface area contributed by atoms with Crippen LogP contribution in [0.25, 0.3) is 0 Å². The average Bonchev–Trinajstić information content (AvgIpc) is 3.05. The fourth-order valence-corrected chi connectivity index (χ4v) is 3.10. The molecule has 0 saturated carbocycles. The molecule has 0 spiro atoms. The topological polar surface area (TPSA) is 58.5 Å². The van der Waals surface area contributed by atoms with E-state index in [0.29, 0.717) is 6.10 Å². The van der Waals surface area contributed by atoms with Gasteiger partial charge in [0.15, 0.2) is 5.96 Å². The first-order chi connectivity index (χ1) is 9.69. The highest BCUT2D eigenvalue weighted by molar-refractivity contribution is 7.11. The van der Waals surface area contributed by atoms with E-state index in [2.05, 4.69) is 34.5 Å². The lowest BCUT2D eigenvalue weighted by atomic mass is 10.2. The summed E-state index contributed by atoms with van der Waals surface area (Å²) in [7, 11) is 1.79. The molecule has 6 heteroatoms. The van der Waals surface area contributed by atoms with Gasteiger partial charge in [0.2, 0.25) is 0 Å². The zero-order valence-corrected chi connectivity index (χ0v) is 13.3. The molecular formula is C14H24N4OS. The fraction of sp³-hybridized carbons (Fsp3) is 0.714. The van der Waals surface area contributed by atoms with E-state index >= 15 is 0 Å². The predicted octanol–water partition coefficient (Wildman–Crippen LogP) is 1.65. The number of aromatic nitrogens is 1. The maximum absolute atomic E-state index is 5.58. The first-order valence-corrected chi connectivity index (χ1v) is 7.99. The van der Waals surface area contributed by atoms with Crippen molar-refractivity contribution in [2.24, 2.45) is 4.99 Å². The lowest BCUT2D eigenvalue weighted by Crippen LogP contribution is -2.41. The summed E-state index contributed by atoms with van der Waals surface area (Å²) in [4.78, 5) is 10.1. The van der Waals surface area contributed by atoms with Crippen molar-refractivity contribution in [2.45, 2.75) is 39.2 Å².